The van der Waals surface area contributed by atoms with Crippen molar-refractivity contribution in [1.82, 2.24) is 10.2 Å². The Morgan fingerprint density at radius 2 is 1.05 bits per heavy atom. The molecule has 0 radical (unpaired) electrons. The Hall–Kier alpha value is -0.120. The van der Waals surface area contributed by atoms with Crippen LogP contribution in [0.15, 0.2) is 0 Å². The minimum absolute atomic E-state index is 0.844. The lowest BCUT2D eigenvalue weighted by Crippen LogP contribution is -2.21. The Kier molecular flexibility index (Phi) is 34.5. The van der Waals surface area contributed by atoms with Crippen LogP contribution in [-0.4, -0.2) is 44.2 Å². The van der Waals surface area contributed by atoms with E-state index < -0.39 is 0 Å². The van der Waals surface area contributed by atoms with Gasteiger partial charge in [0, 0.05) is 0 Å². The topological polar surface area (TPSA) is 41.3 Å². The average Bonchev–Trinajstić information content (AvgIpc) is 2.51. The van der Waals surface area contributed by atoms with Crippen LogP contribution in [-0.2, 0) is 0 Å². The fraction of sp³-hybridized carbons (Fsp3) is 1.00. The summed E-state index contributed by atoms with van der Waals surface area (Å²) < 4.78 is 0. The maximum atomic E-state index is 5.14. The van der Waals surface area contributed by atoms with Crippen LogP contribution in [0.3, 0.4) is 0 Å². The number of nitrogens with zero attached hydrogens (tertiary/aromatic N) is 1. The fourth-order valence-corrected chi connectivity index (χ4v) is 1.60. The molecule has 0 aromatic rings. The highest BCUT2D eigenvalue weighted by Gasteiger charge is 1.89. The van der Waals surface area contributed by atoms with Crippen molar-refractivity contribution in [2.75, 3.05) is 39.3 Å². The quantitative estimate of drug-likeness (QED) is 0.560. The van der Waals surface area contributed by atoms with E-state index in [0.717, 1.165) is 6.54 Å². The van der Waals surface area contributed by atoms with Gasteiger partial charge >= 0.3 is 0 Å². The summed E-state index contributed by atoms with van der Waals surface area (Å²) in [5.41, 5.74) is 5.14. The van der Waals surface area contributed by atoms with Crippen molar-refractivity contribution in [3.63, 3.8) is 0 Å². The number of nitrogens with one attached hydrogen (secondary N) is 1. The molecule has 21 heavy (non-hydrogen) atoms. The summed E-state index contributed by atoms with van der Waals surface area (Å²) in [7, 11) is 0. The van der Waals surface area contributed by atoms with Crippen LogP contribution in [0.5, 0.6) is 0 Å². The summed E-state index contributed by atoms with van der Waals surface area (Å²) in [6.07, 6.45) is 7.64. The molecule has 0 aliphatic carbocycles. The van der Waals surface area contributed by atoms with E-state index in [0.29, 0.717) is 0 Å². The zero-order chi connectivity index (χ0) is 16.8. The molecule has 0 amide bonds. The maximum absolute atomic E-state index is 5.14. The van der Waals surface area contributed by atoms with Gasteiger partial charge in [0.1, 0.15) is 0 Å². The molecule has 0 atom stereocenters. The van der Waals surface area contributed by atoms with E-state index in [1.807, 2.05) is 0 Å². The van der Waals surface area contributed by atoms with E-state index in [-0.39, 0.29) is 0 Å². The van der Waals surface area contributed by atoms with Crippen molar-refractivity contribution in [2.24, 2.45) is 5.73 Å². The Morgan fingerprint density at radius 1 is 0.667 bits per heavy atom. The summed E-state index contributed by atoms with van der Waals surface area (Å²) in [4.78, 5) is 2.38. The van der Waals surface area contributed by atoms with Gasteiger partial charge in [0.25, 0.3) is 0 Å². The molecule has 0 spiro atoms. The monoisotopic (exact) mass is 303 g/mol. The van der Waals surface area contributed by atoms with Crippen molar-refractivity contribution in [1.29, 1.82) is 0 Å². The fourth-order valence-electron chi connectivity index (χ4n) is 1.60. The van der Waals surface area contributed by atoms with Crippen LogP contribution in [0, 0.1) is 0 Å². The smallest absolute Gasteiger partial charge is 0.00474 e. The first kappa shape index (κ1) is 25.8. The van der Waals surface area contributed by atoms with Crippen molar-refractivity contribution >= 4 is 0 Å². The molecule has 0 aliphatic rings. The molecule has 0 unspecified atom stereocenters. The number of hydrogen-bond donors (Lipinski definition) is 2. The molecule has 0 saturated carbocycles. The lowest BCUT2D eigenvalue weighted by Gasteiger charge is -2.13. The predicted molar refractivity (Wildman–Crippen MR) is 100 cm³/mol. The van der Waals surface area contributed by atoms with Crippen LogP contribution in [0.4, 0.5) is 0 Å². The van der Waals surface area contributed by atoms with Gasteiger partial charge in [-0.15, -0.1) is 0 Å². The minimum Gasteiger partial charge on any atom is -0.330 e. The second kappa shape index (κ2) is 28.1. The van der Waals surface area contributed by atoms with Gasteiger partial charge in [-0.2, -0.15) is 0 Å². The Balaban J connectivity index is -0.000000242. The maximum Gasteiger partial charge on any atom is -0.00474 e. The predicted octanol–water partition coefficient (Wildman–Crippen LogP) is 4.27. The molecule has 0 rings (SSSR count). The molecule has 0 bridgehead atoms. The summed E-state index contributed by atoms with van der Waals surface area (Å²) in [5, 5.41) is 3.39. The van der Waals surface area contributed by atoms with Gasteiger partial charge in [-0.05, 0) is 58.5 Å². The van der Waals surface area contributed by atoms with Gasteiger partial charge in [0.2, 0.25) is 0 Å². The van der Waals surface area contributed by atoms with Crippen LogP contribution >= 0.6 is 0 Å². The van der Waals surface area contributed by atoms with E-state index >= 15 is 0 Å². The normalized spacial score (nSPS) is 9.71. The standard InChI is InChI=1S/C8H19N.C6H15N.C4H11N/c1-3-5-7-9-8-6-4-2;1-4-7(5-2)6-3;1-2-3-4-5/h9H,3-8H2,1-2H3;4-6H2,1-3H3;2-5H2,1H3. The average molecular weight is 304 g/mol. The van der Waals surface area contributed by atoms with Crippen LogP contribution in [0.1, 0.15) is 80.1 Å². The highest BCUT2D eigenvalue weighted by Crippen LogP contribution is 1.85. The van der Waals surface area contributed by atoms with Gasteiger partial charge in [0.05, 0.1) is 0 Å². The van der Waals surface area contributed by atoms with Gasteiger partial charge in [-0.25, -0.2) is 0 Å². The highest BCUT2D eigenvalue weighted by atomic mass is 15.1. The molecule has 3 nitrogen and oxygen atoms in total. The zero-order valence-electron chi connectivity index (χ0n) is 16.0. The molecule has 0 aromatic heterocycles. The number of rotatable bonds is 11. The lowest BCUT2D eigenvalue weighted by molar-refractivity contribution is 0.321. The molecular weight excluding hydrogens is 258 g/mol. The molecular formula is C18H45N3. The molecule has 132 valence electrons. The first-order valence-corrected chi connectivity index (χ1v) is 9.31. The summed E-state index contributed by atoms with van der Waals surface area (Å²) in [6, 6.07) is 0. The van der Waals surface area contributed by atoms with E-state index in [9.17, 15) is 0 Å². The van der Waals surface area contributed by atoms with Crippen molar-refractivity contribution < 1.29 is 0 Å². The zero-order valence-corrected chi connectivity index (χ0v) is 16.0. The third-order valence-electron chi connectivity index (χ3n) is 3.31. The van der Waals surface area contributed by atoms with Crippen molar-refractivity contribution in [3.8, 4) is 0 Å². The minimum atomic E-state index is 0.844. The SMILES string of the molecule is CCCCN.CCCCNCCCC.CCN(CC)CC. The Bertz CT molecular complexity index is 123. The first-order valence-electron chi connectivity index (χ1n) is 9.31. The van der Waals surface area contributed by atoms with E-state index in [1.165, 1.54) is 71.2 Å². The lowest BCUT2D eigenvalue weighted by atomic mass is 10.3. The van der Waals surface area contributed by atoms with E-state index in [2.05, 4.69) is 51.8 Å². The Labute approximate surface area is 136 Å². The third-order valence-corrected chi connectivity index (χ3v) is 3.31. The van der Waals surface area contributed by atoms with Crippen LogP contribution in [0.2, 0.25) is 0 Å². The molecule has 0 aliphatic heterocycles. The molecule has 0 aromatic carbocycles. The van der Waals surface area contributed by atoms with Gasteiger partial charge in [0.15, 0.2) is 0 Å². The number of unbranched alkanes of at least 4 members (excludes halogenated alkanes) is 3. The second-order valence-electron chi connectivity index (χ2n) is 5.22. The molecule has 0 saturated heterocycles. The molecule has 0 fully saturated rings. The molecule has 3 heteroatoms. The van der Waals surface area contributed by atoms with Gasteiger partial charge in [-0.1, -0.05) is 60.8 Å². The van der Waals surface area contributed by atoms with E-state index in [1.54, 1.807) is 0 Å². The third kappa shape index (κ3) is 33.0. The van der Waals surface area contributed by atoms with Crippen molar-refractivity contribution in [3.05, 3.63) is 0 Å². The largest absolute Gasteiger partial charge is 0.330 e. The summed E-state index contributed by atoms with van der Waals surface area (Å²) in [6.45, 7) is 20.0. The van der Waals surface area contributed by atoms with Crippen molar-refractivity contribution in [2.45, 2.75) is 80.1 Å². The summed E-state index contributed by atoms with van der Waals surface area (Å²) >= 11 is 0. The van der Waals surface area contributed by atoms with Crippen LogP contribution < -0.4 is 11.1 Å². The van der Waals surface area contributed by atoms with Gasteiger partial charge in [-0.3, -0.25) is 0 Å². The first-order chi connectivity index (χ1) is 10.2. The second-order valence-corrected chi connectivity index (χ2v) is 5.22. The van der Waals surface area contributed by atoms with Gasteiger partial charge < -0.3 is 16.0 Å². The number of hydrogen-bond acceptors (Lipinski definition) is 3. The Morgan fingerprint density at radius 3 is 1.19 bits per heavy atom. The molecule has 0 heterocycles. The number of nitrogens with two attached hydrogens (primary N) is 1. The van der Waals surface area contributed by atoms with Crippen LogP contribution in [0.25, 0.3) is 0 Å². The highest BCUT2D eigenvalue weighted by molar-refractivity contribution is 4.45. The van der Waals surface area contributed by atoms with E-state index in [4.69, 9.17) is 5.73 Å². The summed E-state index contributed by atoms with van der Waals surface area (Å²) in [5.74, 6) is 0. The molecule has 3 N–H and O–H groups in total.